The maximum absolute atomic E-state index is 9.26. The quantitative estimate of drug-likeness (QED) is 0.561. The van der Waals surface area contributed by atoms with Crippen LogP contribution in [0.1, 0.15) is 0 Å². The molecule has 0 saturated carbocycles. The number of halogens is 3. The first-order valence-electron chi connectivity index (χ1n) is 4.06. The highest BCUT2D eigenvalue weighted by Crippen LogP contribution is 2.18. The third-order valence-corrected chi connectivity index (χ3v) is 3.18. The van der Waals surface area contributed by atoms with Crippen LogP contribution in [0.3, 0.4) is 0 Å². The summed E-state index contributed by atoms with van der Waals surface area (Å²) in [6.07, 6.45) is -0.493. The van der Waals surface area contributed by atoms with E-state index in [0.29, 0.717) is 6.54 Å². The molecule has 0 spiro atoms. The van der Waals surface area contributed by atoms with E-state index >= 15 is 0 Å². The van der Waals surface area contributed by atoms with Gasteiger partial charge in [0.15, 0.2) is 0 Å². The number of rotatable bonds is 4. The van der Waals surface area contributed by atoms with Gasteiger partial charge in [0.1, 0.15) is 0 Å². The summed E-state index contributed by atoms with van der Waals surface area (Å²) in [6.45, 7) is 0.486. The lowest BCUT2D eigenvalue weighted by molar-refractivity contribution is 0.211. The first-order chi connectivity index (χ1) is 6.61. The zero-order valence-corrected chi connectivity index (χ0v) is 12.4. The van der Waals surface area contributed by atoms with Gasteiger partial charge in [0.2, 0.25) is 0 Å². The first-order valence-corrected chi connectivity index (χ1v) is 6.75. The minimum absolute atomic E-state index is 0.258. The largest absolute Gasteiger partial charge is 0.390 e. The van der Waals surface area contributed by atoms with Crippen LogP contribution in [0.15, 0.2) is 18.2 Å². The Hall–Kier alpha value is 0.730. The van der Waals surface area contributed by atoms with Gasteiger partial charge >= 0.3 is 0 Å². The van der Waals surface area contributed by atoms with E-state index in [1.807, 2.05) is 12.1 Å². The molecule has 1 atom stereocenters. The zero-order chi connectivity index (χ0) is 10.6. The predicted molar refractivity (Wildman–Crippen MR) is 77.1 cm³/mol. The fraction of sp³-hybridized carbons (Fsp3) is 0.333. The Labute approximate surface area is 116 Å². The lowest BCUT2D eigenvalue weighted by atomic mass is 10.3. The zero-order valence-electron chi connectivity index (χ0n) is 7.30. The molecule has 0 saturated heterocycles. The molecular weight excluding hydrogens is 427 g/mol. The summed E-state index contributed by atoms with van der Waals surface area (Å²) >= 11 is 10.0. The van der Waals surface area contributed by atoms with E-state index < -0.39 is 6.10 Å². The van der Waals surface area contributed by atoms with Crippen LogP contribution in [-0.2, 0) is 0 Å². The Kier molecular flexibility index (Phi) is 5.80. The number of hydrogen-bond donors (Lipinski definition) is 2. The first kappa shape index (κ1) is 12.8. The molecule has 2 N–H and O–H groups in total. The summed E-state index contributed by atoms with van der Waals surface area (Å²) in [7, 11) is 0. The van der Waals surface area contributed by atoms with Crippen molar-refractivity contribution in [2.24, 2.45) is 0 Å². The Balaban J connectivity index is 2.58. The molecule has 0 aliphatic heterocycles. The number of nitrogens with one attached hydrogen (secondary N) is 1. The van der Waals surface area contributed by atoms with Crippen LogP contribution in [-0.4, -0.2) is 23.6 Å². The van der Waals surface area contributed by atoms with Crippen LogP contribution in [0.25, 0.3) is 0 Å². The molecule has 0 fully saturated rings. The predicted octanol–water partition coefficient (Wildman–Crippen LogP) is 2.91. The number of aliphatic hydroxyl groups is 1. The topological polar surface area (TPSA) is 32.3 Å². The minimum Gasteiger partial charge on any atom is -0.390 e. The van der Waals surface area contributed by atoms with Crippen molar-refractivity contribution in [3.05, 3.63) is 25.3 Å². The molecular formula is C9H10ClI2NO. The number of hydrogen-bond acceptors (Lipinski definition) is 2. The van der Waals surface area contributed by atoms with Gasteiger partial charge in [-0.05, 0) is 63.4 Å². The normalized spacial score (nSPS) is 12.6. The maximum Gasteiger partial charge on any atom is 0.0847 e. The van der Waals surface area contributed by atoms with Crippen LogP contribution in [0, 0.1) is 7.14 Å². The lowest BCUT2D eigenvalue weighted by Gasteiger charge is -2.10. The maximum atomic E-state index is 9.26. The van der Waals surface area contributed by atoms with Crippen molar-refractivity contribution in [2.45, 2.75) is 6.10 Å². The van der Waals surface area contributed by atoms with Crippen LogP contribution in [0.4, 0.5) is 5.69 Å². The van der Waals surface area contributed by atoms with Crippen molar-refractivity contribution in [1.29, 1.82) is 0 Å². The van der Waals surface area contributed by atoms with Gasteiger partial charge in [-0.3, -0.25) is 0 Å². The Morgan fingerprint density at radius 3 is 2.36 bits per heavy atom. The molecule has 14 heavy (non-hydrogen) atoms. The highest BCUT2D eigenvalue weighted by atomic mass is 127. The molecule has 0 aliphatic carbocycles. The SMILES string of the molecule is OC(CCl)CNc1cc(I)cc(I)c1. The fourth-order valence-electron chi connectivity index (χ4n) is 0.946. The molecule has 0 bridgehead atoms. The molecule has 0 aromatic heterocycles. The lowest BCUT2D eigenvalue weighted by Crippen LogP contribution is -2.20. The highest BCUT2D eigenvalue weighted by Gasteiger charge is 2.02. The van der Waals surface area contributed by atoms with Gasteiger partial charge in [0, 0.05) is 19.4 Å². The van der Waals surface area contributed by atoms with Crippen LogP contribution >= 0.6 is 56.8 Å². The van der Waals surface area contributed by atoms with E-state index in [1.165, 1.54) is 7.14 Å². The number of alkyl halides is 1. The van der Waals surface area contributed by atoms with Crippen molar-refractivity contribution >= 4 is 62.5 Å². The van der Waals surface area contributed by atoms with Crippen LogP contribution in [0.2, 0.25) is 0 Å². The smallest absolute Gasteiger partial charge is 0.0847 e. The van der Waals surface area contributed by atoms with Gasteiger partial charge in [-0.25, -0.2) is 0 Å². The molecule has 0 radical (unpaired) electrons. The molecule has 1 aromatic rings. The average molecular weight is 437 g/mol. The third-order valence-electron chi connectivity index (χ3n) is 1.58. The Bertz CT molecular complexity index is 289. The summed E-state index contributed by atoms with van der Waals surface area (Å²) in [5.41, 5.74) is 1.02. The molecule has 1 rings (SSSR count). The summed E-state index contributed by atoms with van der Waals surface area (Å²) in [5.74, 6) is 0.258. The summed E-state index contributed by atoms with van der Waals surface area (Å²) < 4.78 is 2.36. The van der Waals surface area contributed by atoms with Gasteiger partial charge < -0.3 is 10.4 Å². The number of benzene rings is 1. The summed E-state index contributed by atoms with van der Waals surface area (Å²) in [4.78, 5) is 0. The average Bonchev–Trinajstić information content (AvgIpc) is 2.12. The van der Waals surface area contributed by atoms with Gasteiger partial charge in [-0.2, -0.15) is 0 Å². The van der Waals surface area contributed by atoms with E-state index in [-0.39, 0.29) is 5.88 Å². The molecule has 5 heteroatoms. The van der Waals surface area contributed by atoms with E-state index in [4.69, 9.17) is 11.6 Å². The molecule has 0 heterocycles. The van der Waals surface area contributed by atoms with Crippen LogP contribution in [0.5, 0.6) is 0 Å². The number of aliphatic hydroxyl groups excluding tert-OH is 1. The van der Waals surface area contributed by atoms with E-state index in [1.54, 1.807) is 0 Å². The second-order valence-corrected chi connectivity index (χ2v) is 5.65. The second kappa shape index (κ2) is 6.34. The molecule has 1 unspecified atom stereocenters. The minimum atomic E-state index is -0.493. The van der Waals surface area contributed by atoms with Crippen molar-refractivity contribution in [1.82, 2.24) is 0 Å². The molecule has 1 aromatic carbocycles. The van der Waals surface area contributed by atoms with Crippen LogP contribution < -0.4 is 5.32 Å². The van der Waals surface area contributed by atoms with E-state index in [9.17, 15) is 5.11 Å². The monoisotopic (exact) mass is 437 g/mol. The van der Waals surface area contributed by atoms with Gasteiger partial charge in [-0.15, -0.1) is 11.6 Å². The van der Waals surface area contributed by atoms with Crippen molar-refractivity contribution < 1.29 is 5.11 Å². The van der Waals surface area contributed by atoms with Gasteiger partial charge in [0.25, 0.3) is 0 Å². The van der Waals surface area contributed by atoms with E-state index in [2.05, 4.69) is 56.6 Å². The second-order valence-electron chi connectivity index (χ2n) is 2.85. The fourth-order valence-corrected chi connectivity index (χ4v) is 2.99. The third kappa shape index (κ3) is 4.50. The summed E-state index contributed by atoms with van der Waals surface area (Å²) in [6, 6.07) is 6.15. The van der Waals surface area contributed by atoms with Crippen molar-refractivity contribution in [2.75, 3.05) is 17.7 Å². The van der Waals surface area contributed by atoms with Crippen molar-refractivity contribution in [3.8, 4) is 0 Å². The van der Waals surface area contributed by atoms with E-state index in [0.717, 1.165) is 5.69 Å². The van der Waals surface area contributed by atoms with Gasteiger partial charge in [0.05, 0.1) is 12.0 Å². The number of anilines is 1. The standard InChI is InChI=1S/C9H10ClI2NO/c10-4-9(14)5-13-8-2-6(11)1-7(12)3-8/h1-3,9,13-14H,4-5H2. The Morgan fingerprint density at radius 1 is 1.29 bits per heavy atom. The molecule has 2 nitrogen and oxygen atoms in total. The summed E-state index contributed by atoms with van der Waals surface area (Å²) in [5, 5.41) is 12.4. The highest BCUT2D eigenvalue weighted by molar-refractivity contribution is 14.1. The van der Waals surface area contributed by atoms with Gasteiger partial charge in [-0.1, -0.05) is 0 Å². The molecule has 0 aliphatic rings. The molecule has 0 amide bonds. The van der Waals surface area contributed by atoms with Crippen molar-refractivity contribution in [3.63, 3.8) is 0 Å². The Morgan fingerprint density at radius 2 is 1.86 bits per heavy atom. The molecule has 78 valence electrons.